The topological polar surface area (TPSA) is 55.7 Å². The van der Waals surface area contributed by atoms with Crippen molar-refractivity contribution in [1.82, 2.24) is 15.0 Å². The summed E-state index contributed by atoms with van der Waals surface area (Å²) < 4.78 is 0. The van der Waals surface area contributed by atoms with E-state index in [0.29, 0.717) is 5.56 Å². The van der Waals surface area contributed by atoms with E-state index in [1.165, 1.54) is 30.9 Å². The normalized spacial score (nSPS) is 10.1. The Morgan fingerprint density at radius 2 is 1.88 bits per heavy atom. The van der Waals surface area contributed by atoms with Gasteiger partial charge in [0.15, 0.2) is 5.15 Å². The summed E-state index contributed by atoms with van der Waals surface area (Å²) in [4.78, 5) is 23.4. The lowest BCUT2D eigenvalue weighted by atomic mass is 10.1. The van der Waals surface area contributed by atoms with E-state index in [2.05, 4.69) is 15.0 Å². The van der Waals surface area contributed by atoms with Crippen molar-refractivity contribution in [1.29, 1.82) is 0 Å². The standard InChI is InChI=1S/C10H5Cl2N3O/c11-7-5-13-2-1-6(7)9(16)8-10(12)15-4-3-14-8/h1-5H. The average molecular weight is 254 g/mol. The van der Waals surface area contributed by atoms with Gasteiger partial charge in [-0.1, -0.05) is 23.2 Å². The van der Waals surface area contributed by atoms with Crippen LogP contribution in [0.3, 0.4) is 0 Å². The van der Waals surface area contributed by atoms with Gasteiger partial charge in [0, 0.05) is 30.4 Å². The zero-order chi connectivity index (χ0) is 11.5. The lowest BCUT2D eigenvalue weighted by Gasteiger charge is -2.02. The second-order valence-corrected chi connectivity index (χ2v) is 3.65. The average Bonchev–Trinajstić information content (AvgIpc) is 2.29. The van der Waals surface area contributed by atoms with Gasteiger partial charge in [0.05, 0.1) is 5.02 Å². The number of ketones is 1. The van der Waals surface area contributed by atoms with Crippen molar-refractivity contribution < 1.29 is 4.79 Å². The number of hydrogen-bond donors (Lipinski definition) is 0. The molecule has 0 bridgehead atoms. The van der Waals surface area contributed by atoms with Gasteiger partial charge in [-0.3, -0.25) is 9.78 Å². The molecule has 0 fully saturated rings. The van der Waals surface area contributed by atoms with Crippen LogP contribution in [0.1, 0.15) is 16.1 Å². The molecule has 2 heterocycles. The van der Waals surface area contributed by atoms with E-state index >= 15 is 0 Å². The minimum absolute atomic E-state index is 0.0559. The van der Waals surface area contributed by atoms with Crippen molar-refractivity contribution in [3.8, 4) is 0 Å². The second-order valence-electron chi connectivity index (χ2n) is 2.88. The molecule has 0 unspecified atom stereocenters. The van der Waals surface area contributed by atoms with Crippen LogP contribution in [-0.2, 0) is 0 Å². The fourth-order valence-electron chi connectivity index (χ4n) is 1.16. The molecule has 0 N–H and O–H groups in total. The van der Waals surface area contributed by atoms with E-state index in [1.54, 1.807) is 0 Å². The van der Waals surface area contributed by atoms with Gasteiger partial charge >= 0.3 is 0 Å². The first-order chi connectivity index (χ1) is 7.70. The van der Waals surface area contributed by atoms with E-state index in [4.69, 9.17) is 23.2 Å². The monoisotopic (exact) mass is 253 g/mol. The Kier molecular flexibility index (Phi) is 3.12. The Bertz CT molecular complexity index is 498. The van der Waals surface area contributed by atoms with Crippen LogP contribution in [0.4, 0.5) is 0 Å². The molecule has 0 amide bonds. The molecule has 0 atom stereocenters. The third kappa shape index (κ3) is 2.03. The third-order valence-electron chi connectivity index (χ3n) is 1.89. The molecule has 80 valence electrons. The number of aromatic nitrogens is 3. The Labute approximate surface area is 101 Å². The first-order valence-corrected chi connectivity index (χ1v) is 5.06. The molecule has 4 nitrogen and oxygen atoms in total. The third-order valence-corrected chi connectivity index (χ3v) is 2.46. The van der Waals surface area contributed by atoms with Crippen LogP contribution in [0.2, 0.25) is 10.2 Å². The Morgan fingerprint density at radius 3 is 2.56 bits per heavy atom. The van der Waals surface area contributed by atoms with Crippen molar-refractivity contribution in [2.45, 2.75) is 0 Å². The maximum atomic E-state index is 12.0. The van der Waals surface area contributed by atoms with Gasteiger partial charge in [0.1, 0.15) is 5.69 Å². The molecule has 6 heteroatoms. The smallest absolute Gasteiger partial charge is 0.216 e. The van der Waals surface area contributed by atoms with Gasteiger partial charge in [-0.2, -0.15) is 0 Å². The highest BCUT2D eigenvalue weighted by molar-refractivity contribution is 6.37. The van der Waals surface area contributed by atoms with E-state index < -0.39 is 0 Å². The molecule has 0 aliphatic rings. The van der Waals surface area contributed by atoms with Crippen LogP contribution in [-0.4, -0.2) is 20.7 Å². The number of pyridine rings is 1. The highest BCUT2D eigenvalue weighted by atomic mass is 35.5. The van der Waals surface area contributed by atoms with Crippen LogP contribution in [0, 0.1) is 0 Å². The van der Waals surface area contributed by atoms with Crippen molar-refractivity contribution in [3.05, 3.63) is 52.3 Å². The van der Waals surface area contributed by atoms with Crippen LogP contribution in [0.5, 0.6) is 0 Å². The molecule has 2 aromatic heterocycles. The SMILES string of the molecule is O=C(c1ccncc1Cl)c1nccnc1Cl. The minimum Gasteiger partial charge on any atom is -0.287 e. The van der Waals surface area contributed by atoms with E-state index in [0.717, 1.165) is 0 Å². The fraction of sp³-hybridized carbons (Fsp3) is 0. The molecule has 2 rings (SSSR count). The molecule has 0 spiro atoms. The lowest BCUT2D eigenvalue weighted by Crippen LogP contribution is -2.06. The minimum atomic E-state index is -0.370. The number of carbonyl (C=O) groups is 1. The van der Waals surface area contributed by atoms with Crippen LogP contribution in [0.25, 0.3) is 0 Å². The number of carbonyl (C=O) groups excluding carboxylic acids is 1. The molecule has 0 radical (unpaired) electrons. The Hall–Kier alpha value is -1.52. The second kappa shape index (κ2) is 4.55. The van der Waals surface area contributed by atoms with Gasteiger partial charge in [-0.25, -0.2) is 9.97 Å². The predicted molar refractivity (Wildman–Crippen MR) is 59.7 cm³/mol. The molecule has 0 aromatic carbocycles. The first kappa shape index (κ1) is 11.0. The summed E-state index contributed by atoms with van der Waals surface area (Å²) in [5, 5.41) is 0.314. The highest BCUT2D eigenvalue weighted by Crippen LogP contribution is 2.19. The Morgan fingerprint density at radius 1 is 1.12 bits per heavy atom. The lowest BCUT2D eigenvalue weighted by molar-refractivity contribution is 0.103. The summed E-state index contributed by atoms with van der Waals surface area (Å²) >= 11 is 11.6. The first-order valence-electron chi connectivity index (χ1n) is 4.31. The van der Waals surface area contributed by atoms with Crippen LogP contribution < -0.4 is 0 Å². The summed E-state index contributed by atoms with van der Waals surface area (Å²) in [6.07, 6.45) is 5.67. The molecule has 0 aliphatic carbocycles. The highest BCUT2D eigenvalue weighted by Gasteiger charge is 2.17. The molecule has 2 aromatic rings. The Balaban J connectivity index is 2.48. The van der Waals surface area contributed by atoms with Crippen LogP contribution >= 0.6 is 23.2 Å². The molecule has 0 saturated carbocycles. The van der Waals surface area contributed by atoms with Crippen molar-refractivity contribution in [2.24, 2.45) is 0 Å². The number of rotatable bonds is 2. The number of halogens is 2. The summed E-state index contributed by atoms with van der Waals surface area (Å²) in [6, 6.07) is 1.51. The maximum absolute atomic E-state index is 12.0. The van der Waals surface area contributed by atoms with Crippen molar-refractivity contribution >= 4 is 29.0 Å². The quantitative estimate of drug-likeness (QED) is 0.772. The van der Waals surface area contributed by atoms with Gasteiger partial charge < -0.3 is 0 Å². The largest absolute Gasteiger partial charge is 0.287 e. The zero-order valence-electron chi connectivity index (χ0n) is 7.89. The van der Waals surface area contributed by atoms with E-state index in [-0.39, 0.29) is 21.7 Å². The van der Waals surface area contributed by atoms with Crippen molar-refractivity contribution in [3.63, 3.8) is 0 Å². The van der Waals surface area contributed by atoms with E-state index in [9.17, 15) is 4.79 Å². The molecular weight excluding hydrogens is 249 g/mol. The van der Waals surface area contributed by atoms with Gasteiger partial charge in [0.2, 0.25) is 5.78 Å². The summed E-state index contributed by atoms with van der Waals surface area (Å²) in [5.41, 5.74) is 0.385. The molecule has 16 heavy (non-hydrogen) atoms. The zero-order valence-corrected chi connectivity index (χ0v) is 9.40. The molecular formula is C10H5Cl2N3O. The maximum Gasteiger partial charge on any atom is 0.216 e. The van der Waals surface area contributed by atoms with E-state index in [1.807, 2.05) is 0 Å². The molecule has 0 aliphatic heterocycles. The number of nitrogens with zero attached hydrogens (tertiary/aromatic N) is 3. The summed E-state index contributed by atoms with van der Waals surface area (Å²) in [7, 11) is 0. The van der Waals surface area contributed by atoms with Gasteiger partial charge in [0.25, 0.3) is 0 Å². The summed E-state index contributed by atoms with van der Waals surface area (Å²) in [5.74, 6) is -0.370. The molecule has 0 saturated heterocycles. The fourth-order valence-corrected chi connectivity index (χ4v) is 1.56. The predicted octanol–water partition coefficient (Wildman–Crippen LogP) is 2.41. The van der Waals surface area contributed by atoms with Crippen LogP contribution in [0.15, 0.2) is 30.9 Å². The number of hydrogen-bond acceptors (Lipinski definition) is 4. The van der Waals surface area contributed by atoms with Crippen molar-refractivity contribution in [2.75, 3.05) is 0 Å². The van der Waals surface area contributed by atoms with Gasteiger partial charge in [-0.15, -0.1) is 0 Å². The van der Waals surface area contributed by atoms with Gasteiger partial charge in [-0.05, 0) is 6.07 Å². The summed E-state index contributed by atoms with van der Waals surface area (Å²) in [6.45, 7) is 0.